The van der Waals surface area contributed by atoms with E-state index in [1.807, 2.05) is 6.26 Å². The molecule has 150 valence electrons. The largest absolute Gasteiger partial charge is 0.480 e. The van der Waals surface area contributed by atoms with Gasteiger partial charge in [-0.2, -0.15) is 11.8 Å². The Morgan fingerprint density at radius 1 is 0.880 bits per heavy atom. The summed E-state index contributed by atoms with van der Waals surface area (Å²) in [6, 6.07) is -2.55. The van der Waals surface area contributed by atoms with Crippen LogP contribution in [0.4, 0.5) is 0 Å². The zero-order valence-electron chi connectivity index (χ0n) is 15.0. The van der Waals surface area contributed by atoms with Gasteiger partial charge in [-0.05, 0) is 31.3 Å². The van der Waals surface area contributed by atoms with Crippen molar-refractivity contribution in [2.75, 3.05) is 12.0 Å². The number of carboxylic acids is 3. The molecule has 0 aromatic heterocycles. The second-order valence-corrected chi connectivity index (χ2v) is 6.42. The molecule has 0 saturated heterocycles. The van der Waals surface area contributed by atoms with E-state index in [9.17, 15) is 14.4 Å². The fourth-order valence-electron chi connectivity index (χ4n) is 0.860. The molecule has 0 bridgehead atoms. The summed E-state index contributed by atoms with van der Waals surface area (Å²) in [7, 11) is 0. The van der Waals surface area contributed by atoms with Gasteiger partial charge in [-0.15, -0.1) is 0 Å². The molecule has 0 fully saturated rings. The van der Waals surface area contributed by atoms with E-state index >= 15 is 0 Å². The standard InChI is InChI=1S/C5H11NO2S.C5H11NO2.C4H9NO3/c1-9-3-2-4(6)5(7)8;1-3(2)4(6)5(7)8;1-2(6)3(5)4(7)8/h4H,2-3,6H2,1H3,(H,7,8);3-4H,6H2,1-2H3,(H,7,8);2-3,6H,5H2,1H3,(H,7,8). The van der Waals surface area contributed by atoms with Crippen LogP contribution in [0.3, 0.4) is 0 Å². The van der Waals surface area contributed by atoms with Gasteiger partial charge in [0.15, 0.2) is 0 Å². The zero-order chi connectivity index (χ0) is 20.7. The van der Waals surface area contributed by atoms with Crippen LogP contribution >= 0.6 is 11.8 Å². The Morgan fingerprint density at radius 2 is 1.28 bits per heavy atom. The maximum atomic E-state index is 10.1. The SMILES string of the molecule is CC(C)C(N)C(=O)O.CC(O)C(N)C(=O)O.CSCCC(N)C(=O)O. The van der Waals surface area contributed by atoms with E-state index in [4.69, 9.17) is 37.6 Å². The van der Waals surface area contributed by atoms with Crippen LogP contribution in [0.2, 0.25) is 0 Å². The van der Waals surface area contributed by atoms with Crippen LogP contribution in [0.1, 0.15) is 27.2 Å². The molecule has 0 aliphatic heterocycles. The minimum atomic E-state index is -1.18. The number of carboxylic acid groups (broad SMARTS) is 3. The molecule has 0 aromatic carbocycles. The molecule has 0 heterocycles. The molecule has 0 aliphatic carbocycles. The molecule has 10 nitrogen and oxygen atoms in total. The smallest absolute Gasteiger partial charge is 0.323 e. The van der Waals surface area contributed by atoms with E-state index in [2.05, 4.69) is 0 Å². The van der Waals surface area contributed by atoms with Gasteiger partial charge in [0.25, 0.3) is 0 Å². The summed E-state index contributed by atoms with van der Waals surface area (Å²) in [5.74, 6) is -2.19. The monoisotopic (exact) mass is 385 g/mol. The van der Waals surface area contributed by atoms with Crippen molar-refractivity contribution in [1.82, 2.24) is 0 Å². The summed E-state index contributed by atoms with van der Waals surface area (Å²) in [5.41, 5.74) is 15.3. The van der Waals surface area contributed by atoms with Gasteiger partial charge < -0.3 is 37.6 Å². The van der Waals surface area contributed by atoms with E-state index in [1.165, 1.54) is 6.92 Å². The molecule has 25 heavy (non-hydrogen) atoms. The van der Waals surface area contributed by atoms with Crippen LogP contribution in [0.5, 0.6) is 0 Å². The van der Waals surface area contributed by atoms with Crippen molar-refractivity contribution in [3.05, 3.63) is 0 Å². The van der Waals surface area contributed by atoms with Gasteiger partial charge in [-0.25, -0.2) is 0 Å². The Labute approximate surface area is 151 Å². The van der Waals surface area contributed by atoms with Crippen molar-refractivity contribution in [2.45, 2.75) is 51.4 Å². The number of aliphatic carboxylic acids is 3. The minimum absolute atomic E-state index is 0.0208. The summed E-state index contributed by atoms with van der Waals surface area (Å²) in [6.07, 6.45) is 1.50. The molecular weight excluding hydrogens is 354 g/mol. The molecule has 10 N–H and O–H groups in total. The highest BCUT2D eigenvalue weighted by atomic mass is 32.2. The van der Waals surface area contributed by atoms with E-state index in [1.54, 1.807) is 25.6 Å². The predicted octanol–water partition coefficient (Wildman–Crippen LogP) is -1.02. The first-order valence-corrected chi connectivity index (χ1v) is 8.81. The third-order valence-electron chi connectivity index (χ3n) is 2.76. The van der Waals surface area contributed by atoms with Crippen molar-refractivity contribution < 1.29 is 34.8 Å². The lowest BCUT2D eigenvalue weighted by Gasteiger charge is -2.07. The number of rotatable bonds is 8. The van der Waals surface area contributed by atoms with Crippen molar-refractivity contribution in [1.29, 1.82) is 0 Å². The zero-order valence-corrected chi connectivity index (χ0v) is 15.8. The molecule has 0 radical (unpaired) electrons. The van der Waals surface area contributed by atoms with E-state index in [0.717, 1.165) is 5.75 Å². The van der Waals surface area contributed by atoms with Gasteiger partial charge >= 0.3 is 17.9 Å². The molecule has 11 heteroatoms. The van der Waals surface area contributed by atoms with Crippen LogP contribution in [-0.4, -0.2) is 74.6 Å². The Morgan fingerprint density at radius 3 is 1.40 bits per heavy atom. The maximum Gasteiger partial charge on any atom is 0.323 e. The summed E-state index contributed by atoms with van der Waals surface area (Å²) in [4.78, 5) is 29.9. The predicted molar refractivity (Wildman–Crippen MR) is 96.4 cm³/mol. The lowest BCUT2D eigenvalue weighted by atomic mass is 10.1. The quantitative estimate of drug-likeness (QED) is 0.269. The Bertz CT molecular complexity index is 371. The summed E-state index contributed by atoms with van der Waals surface area (Å²) in [5, 5.41) is 33.1. The second kappa shape index (κ2) is 16.1. The van der Waals surface area contributed by atoms with Crippen molar-refractivity contribution in [3.63, 3.8) is 0 Å². The molecule has 0 saturated carbocycles. The highest BCUT2D eigenvalue weighted by Crippen LogP contribution is 1.98. The van der Waals surface area contributed by atoms with Crippen LogP contribution in [0.15, 0.2) is 0 Å². The van der Waals surface area contributed by atoms with Crippen LogP contribution in [0.25, 0.3) is 0 Å². The number of hydrogen-bond donors (Lipinski definition) is 7. The van der Waals surface area contributed by atoms with Crippen molar-refractivity contribution in [2.24, 2.45) is 23.1 Å². The average molecular weight is 385 g/mol. The average Bonchev–Trinajstić information content (AvgIpc) is 2.51. The van der Waals surface area contributed by atoms with Crippen LogP contribution in [0, 0.1) is 5.92 Å². The first-order chi connectivity index (χ1) is 11.3. The summed E-state index contributed by atoms with van der Waals surface area (Å²) in [6.45, 7) is 4.89. The fourth-order valence-corrected chi connectivity index (χ4v) is 1.35. The van der Waals surface area contributed by atoms with Gasteiger partial charge in [-0.1, -0.05) is 13.8 Å². The lowest BCUT2D eigenvalue weighted by Crippen LogP contribution is -2.39. The molecule has 4 unspecified atom stereocenters. The molecule has 0 aliphatic rings. The molecule has 4 atom stereocenters. The van der Waals surface area contributed by atoms with Gasteiger partial charge in [0.1, 0.15) is 18.1 Å². The Balaban J connectivity index is -0.000000291. The van der Waals surface area contributed by atoms with Crippen LogP contribution in [-0.2, 0) is 14.4 Å². The summed E-state index contributed by atoms with van der Waals surface area (Å²) < 4.78 is 0. The van der Waals surface area contributed by atoms with Crippen molar-refractivity contribution in [3.8, 4) is 0 Å². The Hall–Kier alpha value is -1.40. The van der Waals surface area contributed by atoms with E-state index in [0.29, 0.717) is 6.42 Å². The van der Waals surface area contributed by atoms with Gasteiger partial charge in [-0.3, -0.25) is 14.4 Å². The minimum Gasteiger partial charge on any atom is -0.480 e. The van der Waals surface area contributed by atoms with Crippen molar-refractivity contribution >= 4 is 29.7 Å². The second-order valence-electron chi connectivity index (χ2n) is 5.44. The molecular formula is C14H31N3O7S. The normalized spacial score (nSPS) is 14.8. The first kappa shape index (κ1) is 28.4. The third-order valence-corrected chi connectivity index (χ3v) is 3.40. The highest BCUT2D eigenvalue weighted by molar-refractivity contribution is 7.98. The number of aliphatic hydroxyl groups excluding tert-OH is 1. The number of carbonyl (C=O) groups is 3. The summed E-state index contributed by atoms with van der Waals surface area (Å²) >= 11 is 1.60. The van der Waals surface area contributed by atoms with E-state index < -0.39 is 42.1 Å². The fraction of sp³-hybridized carbons (Fsp3) is 0.786. The molecule has 0 rings (SSSR count). The molecule has 0 amide bonds. The number of nitrogens with two attached hydrogens (primary N) is 3. The van der Waals surface area contributed by atoms with Crippen LogP contribution < -0.4 is 17.2 Å². The molecule has 0 spiro atoms. The topological polar surface area (TPSA) is 210 Å². The Kier molecular flexibility index (Phi) is 18.3. The maximum absolute atomic E-state index is 10.1. The number of hydrogen-bond acceptors (Lipinski definition) is 8. The van der Waals surface area contributed by atoms with Gasteiger partial charge in [0.2, 0.25) is 0 Å². The lowest BCUT2D eigenvalue weighted by molar-refractivity contribution is -0.141. The van der Waals surface area contributed by atoms with Gasteiger partial charge in [0, 0.05) is 0 Å². The van der Waals surface area contributed by atoms with Gasteiger partial charge in [0.05, 0.1) is 6.10 Å². The highest BCUT2D eigenvalue weighted by Gasteiger charge is 2.16. The number of thioether (sulfide) groups is 1. The number of aliphatic hydroxyl groups is 1. The molecule has 0 aromatic rings. The van der Waals surface area contributed by atoms with E-state index in [-0.39, 0.29) is 5.92 Å². The first-order valence-electron chi connectivity index (χ1n) is 7.41. The third kappa shape index (κ3) is 18.8.